The number of halogens is 2. The van der Waals surface area contributed by atoms with Crippen LogP contribution in [0.3, 0.4) is 0 Å². The molecule has 0 unspecified atom stereocenters. The van der Waals surface area contributed by atoms with E-state index in [4.69, 9.17) is 0 Å². The SMILES string of the molecule is Brc1ccc(CC2(Br)CCCCC2)cc1. The molecule has 2 rings (SSSR count). The van der Waals surface area contributed by atoms with Gasteiger partial charge in [0, 0.05) is 8.80 Å². The largest absolute Gasteiger partial charge is 0.0850 e. The second-order valence-corrected chi connectivity index (χ2v) is 7.11. The Balaban J connectivity index is 2.03. The monoisotopic (exact) mass is 330 g/mol. The van der Waals surface area contributed by atoms with Gasteiger partial charge in [-0.15, -0.1) is 0 Å². The summed E-state index contributed by atoms with van der Waals surface area (Å²) < 4.78 is 1.54. The molecule has 1 aromatic rings. The van der Waals surface area contributed by atoms with Gasteiger partial charge in [0.1, 0.15) is 0 Å². The summed E-state index contributed by atoms with van der Waals surface area (Å²) in [5.74, 6) is 0. The zero-order chi connectivity index (χ0) is 10.7. The minimum atomic E-state index is 0.374. The van der Waals surface area contributed by atoms with Crippen LogP contribution < -0.4 is 0 Å². The highest BCUT2D eigenvalue weighted by Crippen LogP contribution is 2.38. The summed E-state index contributed by atoms with van der Waals surface area (Å²) in [4.78, 5) is 0. The van der Waals surface area contributed by atoms with Gasteiger partial charge in [0.05, 0.1) is 0 Å². The van der Waals surface area contributed by atoms with Crippen molar-refractivity contribution < 1.29 is 0 Å². The van der Waals surface area contributed by atoms with Crippen LogP contribution in [0.4, 0.5) is 0 Å². The lowest BCUT2D eigenvalue weighted by molar-refractivity contribution is 0.403. The van der Waals surface area contributed by atoms with Crippen LogP contribution in [0.5, 0.6) is 0 Å². The summed E-state index contributed by atoms with van der Waals surface area (Å²) in [6.45, 7) is 0. The van der Waals surface area contributed by atoms with E-state index in [2.05, 4.69) is 56.1 Å². The fraction of sp³-hybridized carbons (Fsp3) is 0.538. The van der Waals surface area contributed by atoms with Gasteiger partial charge in [0.25, 0.3) is 0 Å². The zero-order valence-electron chi connectivity index (χ0n) is 8.81. The first-order valence-electron chi connectivity index (χ1n) is 5.61. The van der Waals surface area contributed by atoms with Gasteiger partial charge in [-0.1, -0.05) is 63.3 Å². The number of hydrogen-bond donors (Lipinski definition) is 0. The predicted octanol–water partition coefficient (Wildman–Crippen LogP) is 5.09. The molecule has 0 radical (unpaired) electrons. The van der Waals surface area contributed by atoms with E-state index in [0.717, 1.165) is 0 Å². The first-order valence-corrected chi connectivity index (χ1v) is 7.20. The van der Waals surface area contributed by atoms with Crippen LogP contribution in [0.25, 0.3) is 0 Å². The molecule has 0 spiro atoms. The van der Waals surface area contributed by atoms with E-state index in [-0.39, 0.29) is 0 Å². The summed E-state index contributed by atoms with van der Waals surface area (Å²) >= 11 is 7.41. The van der Waals surface area contributed by atoms with Gasteiger partial charge in [-0.25, -0.2) is 0 Å². The van der Waals surface area contributed by atoms with E-state index >= 15 is 0 Å². The Morgan fingerprint density at radius 1 is 1.00 bits per heavy atom. The summed E-state index contributed by atoms with van der Waals surface area (Å²) in [6, 6.07) is 8.71. The topological polar surface area (TPSA) is 0 Å². The Kier molecular flexibility index (Phi) is 3.89. The van der Waals surface area contributed by atoms with Crippen molar-refractivity contribution in [1.82, 2.24) is 0 Å². The van der Waals surface area contributed by atoms with Crippen molar-refractivity contribution in [1.29, 1.82) is 0 Å². The lowest BCUT2D eigenvalue weighted by Crippen LogP contribution is -2.26. The average Bonchev–Trinajstić information content (AvgIpc) is 2.22. The Morgan fingerprint density at radius 3 is 2.20 bits per heavy atom. The van der Waals surface area contributed by atoms with Crippen molar-refractivity contribution in [3.05, 3.63) is 34.3 Å². The lowest BCUT2D eigenvalue weighted by atomic mass is 9.84. The van der Waals surface area contributed by atoms with Crippen LogP contribution in [0.2, 0.25) is 0 Å². The van der Waals surface area contributed by atoms with E-state index in [1.807, 2.05) is 0 Å². The molecule has 1 aliphatic carbocycles. The first kappa shape index (κ1) is 11.7. The highest BCUT2D eigenvalue weighted by molar-refractivity contribution is 9.10. The molecule has 15 heavy (non-hydrogen) atoms. The van der Waals surface area contributed by atoms with Crippen LogP contribution in [0, 0.1) is 0 Å². The maximum Gasteiger partial charge on any atom is 0.0298 e. The third kappa shape index (κ3) is 3.32. The Morgan fingerprint density at radius 2 is 1.60 bits per heavy atom. The molecule has 1 fully saturated rings. The summed E-state index contributed by atoms with van der Waals surface area (Å²) in [6.07, 6.45) is 7.98. The molecule has 0 amide bonds. The molecule has 1 aromatic carbocycles. The van der Waals surface area contributed by atoms with Crippen LogP contribution in [0.15, 0.2) is 28.7 Å². The molecule has 2 heteroatoms. The van der Waals surface area contributed by atoms with Gasteiger partial charge >= 0.3 is 0 Å². The molecular weight excluding hydrogens is 316 g/mol. The molecule has 0 bridgehead atoms. The van der Waals surface area contributed by atoms with Gasteiger partial charge < -0.3 is 0 Å². The Labute approximate surface area is 109 Å². The number of benzene rings is 1. The highest BCUT2D eigenvalue weighted by Gasteiger charge is 2.28. The van der Waals surface area contributed by atoms with Gasteiger partial charge in [0.15, 0.2) is 0 Å². The number of hydrogen-bond acceptors (Lipinski definition) is 0. The van der Waals surface area contributed by atoms with Crippen LogP contribution in [-0.4, -0.2) is 4.32 Å². The van der Waals surface area contributed by atoms with Gasteiger partial charge in [-0.2, -0.15) is 0 Å². The smallest absolute Gasteiger partial charge is 0.0298 e. The minimum absolute atomic E-state index is 0.374. The molecule has 0 nitrogen and oxygen atoms in total. The van der Waals surface area contributed by atoms with E-state index in [0.29, 0.717) is 4.32 Å². The quantitative estimate of drug-likeness (QED) is 0.662. The zero-order valence-corrected chi connectivity index (χ0v) is 12.0. The minimum Gasteiger partial charge on any atom is -0.0850 e. The molecule has 0 N–H and O–H groups in total. The second-order valence-electron chi connectivity index (χ2n) is 4.51. The third-order valence-corrected chi connectivity index (χ3v) is 4.79. The van der Waals surface area contributed by atoms with Gasteiger partial charge in [0.2, 0.25) is 0 Å². The van der Waals surface area contributed by atoms with Crippen molar-refractivity contribution in [2.24, 2.45) is 0 Å². The summed E-state index contributed by atoms with van der Waals surface area (Å²) in [5, 5.41) is 0. The lowest BCUT2D eigenvalue weighted by Gasteiger charge is -2.31. The normalized spacial score (nSPS) is 20.1. The van der Waals surface area contributed by atoms with Gasteiger partial charge in [-0.3, -0.25) is 0 Å². The third-order valence-electron chi connectivity index (χ3n) is 3.18. The fourth-order valence-electron chi connectivity index (χ4n) is 2.33. The molecule has 0 aromatic heterocycles. The Bertz CT molecular complexity index is 310. The van der Waals surface area contributed by atoms with Gasteiger partial charge in [-0.05, 0) is 37.0 Å². The summed E-state index contributed by atoms with van der Waals surface area (Å²) in [5.41, 5.74) is 1.44. The Hall–Kier alpha value is 0.180. The van der Waals surface area contributed by atoms with Crippen LogP contribution in [0.1, 0.15) is 37.7 Å². The molecule has 0 aliphatic heterocycles. The van der Waals surface area contributed by atoms with Crippen LogP contribution >= 0.6 is 31.9 Å². The molecule has 82 valence electrons. The van der Waals surface area contributed by atoms with E-state index in [9.17, 15) is 0 Å². The second kappa shape index (κ2) is 5.01. The highest BCUT2D eigenvalue weighted by atomic mass is 79.9. The number of alkyl halides is 1. The summed E-state index contributed by atoms with van der Waals surface area (Å²) in [7, 11) is 0. The molecular formula is C13H16Br2. The molecule has 0 heterocycles. The van der Waals surface area contributed by atoms with Crippen molar-refractivity contribution in [3.8, 4) is 0 Å². The standard InChI is InChI=1S/C13H16Br2/c14-12-6-4-11(5-7-12)10-13(15)8-2-1-3-9-13/h4-7H,1-3,8-10H2. The van der Waals surface area contributed by atoms with E-state index in [1.165, 1.54) is 48.6 Å². The van der Waals surface area contributed by atoms with Crippen molar-refractivity contribution in [2.45, 2.75) is 42.8 Å². The van der Waals surface area contributed by atoms with Crippen molar-refractivity contribution in [3.63, 3.8) is 0 Å². The first-order chi connectivity index (χ1) is 7.18. The molecule has 0 atom stereocenters. The number of rotatable bonds is 2. The fourth-order valence-corrected chi connectivity index (χ4v) is 3.48. The molecule has 0 saturated heterocycles. The van der Waals surface area contributed by atoms with E-state index in [1.54, 1.807) is 0 Å². The molecule has 1 aliphatic rings. The maximum absolute atomic E-state index is 3.94. The van der Waals surface area contributed by atoms with Crippen molar-refractivity contribution >= 4 is 31.9 Å². The maximum atomic E-state index is 3.94. The van der Waals surface area contributed by atoms with Crippen LogP contribution in [-0.2, 0) is 6.42 Å². The predicted molar refractivity (Wildman–Crippen MR) is 72.6 cm³/mol. The average molecular weight is 332 g/mol. The van der Waals surface area contributed by atoms with E-state index < -0.39 is 0 Å². The molecule has 1 saturated carbocycles. The van der Waals surface area contributed by atoms with Crippen molar-refractivity contribution in [2.75, 3.05) is 0 Å².